The summed E-state index contributed by atoms with van der Waals surface area (Å²) in [6.45, 7) is 3.39. The SMILES string of the molecule is CNCCC1NCCC1(C)F. The maximum absolute atomic E-state index is 13.5. The zero-order valence-corrected chi connectivity index (χ0v) is 7.28. The molecule has 0 amide bonds. The Morgan fingerprint density at radius 1 is 1.73 bits per heavy atom. The van der Waals surface area contributed by atoms with Crippen molar-refractivity contribution in [1.29, 1.82) is 0 Å². The fourth-order valence-corrected chi connectivity index (χ4v) is 1.57. The van der Waals surface area contributed by atoms with E-state index in [0.717, 1.165) is 19.5 Å². The van der Waals surface area contributed by atoms with Gasteiger partial charge in [0.25, 0.3) is 0 Å². The van der Waals surface area contributed by atoms with E-state index >= 15 is 0 Å². The molecule has 0 aromatic carbocycles. The molecule has 2 atom stereocenters. The standard InChI is InChI=1S/C8H17FN2/c1-8(9)4-6-11-7(8)3-5-10-2/h7,10-11H,3-6H2,1-2H3. The highest BCUT2D eigenvalue weighted by atomic mass is 19.1. The molecule has 2 N–H and O–H groups in total. The summed E-state index contributed by atoms with van der Waals surface area (Å²) in [5.41, 5.74) is -0.989. The van der Waals surface area contributed by atoms with Gasteiger partial charge in [0, 0.05) is 6.04 Å². The predicted octanol–water partition coefficient (Wildman–Crippen LogP) is 0.686. The minimum atomic E-state index is -0.989. The molecule has 3 heteroatoms. The third-order valence-corrected chi connectivity index (χ3v) is 2.41. The molecule has 1 heterocycles. The van der Waals surface area contributed by atoms with Crippen LogP contribution >= 0.6 is 0 Å². The molecular formula is C8H17FN2. The zero-order chi connectivity index (χ0) is 8.32. The van der Waals surface area contributed by atoms with Crippen LogP contribution < -0.4 is 10.6 Å². The smallest absolute Gasteiger partial charge is 0.124 e. The molecular weight excluding hydrogens is 143 g/mol. The van der Waals surface area contributed by atoms with Crippen LogP contribution in [-0.2, 0) is 0 Å². The lowest BCUT2D eigenvalue weighted by molar-refractivity contribution is 0.162. The summed E-state index contributed by atoms with van der Waals surface area (Å²) in [7, 11) is 1.89. The predicted molar refractivity (Wildman–Crippen MR) is 44.5 cm³/mol. The first-order valence-corrected chi connectivity index (χ1v) is 4.24. The van der Waals surface area contributed by atoms with E-state index in [1.54, 1.807) is 6.92 Å². The lowest BCUT2D eigenvalue weighted by Gasteiger charge is -2.22. The van der Waals surface area contributed by atoms with Gasteiger partial charge in [-0.3, -0.25) is 0 Å². The van der Waals surface area contributed by atoms with Gasteiger partial charge in [0.2, 0.25) is 0 Å². The van der Waals surface area contributed by atoms with Crippen LogP contribution in [0, 0.1) is 0 Å². The van der Waals surface area contributed by atoms with Crippen LogP contribution in [0.25, 0.3) is 0 Å². The molecule has 1 rings (SSSR count). The molecule has 0 radical (unpaired) electrons. The molecule has 1 saturated heterocycles. The highest BCUT2D eigenvalue weighted by Crippen LogP contribution is 2.26. The molecule has 0 saturated carbocycles. The Hall–Kier alpha value is -0.150. The summed E-state index contributed by atoms with van der Waals surface area (Å²) in [5, 5.41) is 6.19. The largest absolute Gasteiger partial charge is 0.320 e. The van der Waals surface area contributed by atoms with Gasteiger partial charge >= 0.3 is 0 Å². The first kappa shape index (κ1) is 8.94. The fraction of sp³-hybridized carbons (Fsp3) is 1.00. The van der Waals surface area contributed by atoms with E-state index in [0.29, 0.717) is 6.42 Å². The molecule has 1 aliphatic heterocycles. The maximum atomic E-state index is 13.5. The van der Waals surface area contributed by atoms with Gasteiger partial charge in [-0.15, -0.1) is 0 Å². The number of halogens is 1. The second-order valence-electron chi connectivity index (χ2n) is 3.43. The lowest BCUT2D eigenvalue weighted by Crippen LogP contribution is -2.38. The van der Waals surface area contributed by atoms with Crippen molar-refractivity contribution in [3.05, 3.63) is 0 Å². The highest BCUT2D eigenvalue weighted by molar-refractivity contribution is 4.94. The van der Waals surface area contributed by atoms with E-state index in [1.807, 2.05) is 7.05 Å². The quantitative estimate of drug-likeness (QED) is 0.634. The third kappa shape index (κ3) is 2.14. The molecule has 0 aliphatic carbocycles. The summed E-state index contributed by atoms with van der Waals surface area (Å²) in [4.78, 5) is 0. The van der Waals surface area contributed by atoms with Gasteiger partial charge in [-0.1, -0.05) is 0 Å². The van der Waals surface area contributed by atoms with Gasteiger partial charge in [-0.25, -0.2) is 4.39 Å². The molecule has 66 valence electrons. The Labute approximate surface area is 67.6 Å². The van der Waals surface area contributed by atoms with Crippen LogP contribution in [0.3, 0.4) is 0 Å². The van der Waals surface area contributed by atoms with Gasteiger partial charge in [0.05, 0.1) is 0 Å². The van der Waals surface area contributed by atoms with Crippen LogP contribution in [-0.4, -0.2) is 31.8 Å². The highest BCUT2D eigenvalue weighted by Gasteiger charge is 2.37. The Kier molecular flexibility index (Phi) is 2.84. The second-order valence-corrected chi connectivity index (χ2v) is 3.43. The minimum absolute atomic E-state index is 0.0509. The fourth-order valence-electron chi connectivity index (χ4n) is 1.57. The van der Waals surface area contributed by atoms with Crippen molar-refractivity contribution in [3.8, 4) is 0 Å². The number of nitrogens with one attached hydrogen (secondary N) is 2. The van der Waals surface area contributed by atoms with Crippen molar-refractivity contribution in [2.24, 2.45) is 0 Å². The Morgan fingerprint density at radius 2 is 2.45 bits per heavy atom. The molecule has 0 aromatic rings. The van der Waals surface area contributed by atoms with Crippen LogP contribution in [0.2, 0.25) is 0 Å². The van der Waals surface area contributed by atoms with E-state index < -0.39 is 5.67 Å². The van der Waals surface area contributed by atoms with Gasteiger partial charge in [0.1, 0.15) is 5.67 Å². The maximum Gasteiger partial charge on any atom is 0.124 e. The summed E-state index contributed by atoms with van der Waals surface area (Å²) in [5.74, 6) is 0. The molecule has 2 nitrogen and oxygen atoms in total. The number of rotatable bonds is 3. The van der Waals surface area contributed by atoms with Gasteiger partial charge in [0.15, 0.2) is 0 Å². The number of hydrogen-bond acceptors (Lipinski definition) is 2. The van der Waals surface area contributed by atoms with Gasteiger partial charge < -0.3 is 10.6 Å². The first-order valence-electron chi connectivity index (χ1n) is 4.24. The second kappa shape index (κ2) is 3.50. The summed E-state index contributed by atoms with van der Waals surface area (Å²) < 4.78 is 13.5. The average Bonchev–Trinajstić information content (AvgIpc) is 2.25. The van der Waals surface area contributed by atoms with Gasteiger partial charge in [-0.2, -0.15) is 0 Å². The number of alkyl halides is 1. The first-order chi connectivity index (χ1) is 5.17. The van der Waals surface area contributed by atoms with Crippen molar-refractivity contribution in [2.45, 2.75) is 31.5 Å². The van der Waals surface area contributed by atoms with Crippen molar-refractivity contribution >= 4 is 0 Å². The normalized spacial score (nSPS) is 37.9. The molecule has 11 heavy (non-hydrogen) atoms. The van der Waals surface area contributed by atoms with Crippen molar-refractivity contribution < 1.29 is 4.39 Å². The molecule has 0 spiro atoms. The lowest BCUT2D eigenvalue weighted by atomic mass is 9.97. The van der Waals surface area contributed by atoms with Crippen molar-refractivity contribution in [2.75, 3.05) is 20.1 Å². The number of hydrogen-bond donors (Lipinski definition) is 2. The van der Waals surface area contributed by atoms with E-state index in [4.69, 9.17) is 0 Å². The van der Waals surface area contributed by atoms with E-state index in [9.17, 15) is 4.39 Å². The monoisotopic (exact) mass is 160 g/mol. The van der Waals surface area contributed by atoms with E-state index in [2.05, 4.69) is 10.6 Å². The zero-order valence-electron chi connectivity index (χ0n) is 7.28. The van der Waals surface area contributed by atoms with Crippen LogP contribution in [0.15, 0.2) is 0 Å². The van der Waals surface area contributed by atoms with E-state index in [1.165, 1.54) is 0 Å². The molecule has 2 unspecified atom stereocenters. The molecule has 0 aromatic heterocycles. The average molecular weight is 160 g/mol. The molecule has 1 aliphatic rings. The minimum Gasteiger partial charge on any atom is -0.320 e. The Balaban J connectivity index is 2.32. The van der Waals surface area contributed by atoms with Crippen LogP contribution in [0.1, 0.15) is 19.8 Å². The van der Waals surface area contributed by atoms with E-state index in [-0.39, 0.29) is 6.04 Å². The van der Waals surface area contributed by atoms with Crippen molar-refractivity contribution in [3.63, 3.8) is 0 Å². The summed E-state index contributed by atoms with van der Waals surface area (Å²) in [6, 6.07) is 0.0509. The Bertz CT molecular complexity index is 125. The van der Waals surface area contributed by atoms with Crippen LogP contribution in [0.5, 0.6) is 0 Å². The molecule has 1 fully saturated rings. The van der Waals surface area contributed by atoms with Crippen molar-refractivity contribution in [1.82, 2.24) is 10.6 Å². The Morgan fingerprint density at radius 3 is 2.91 bits per heavy atom. The molecule has 0 bridgehead atoms. The van der Waals surface area contributed by atoms with Crippen LogP contribution in [0.4, 0.5) is 4.39 Å². The summed E-state index contributed by atoms with van der Waals surface area (Å²) in [6.07, 6.45) is 1.53. The van der Waals surface area contributed by atoms with Gasteiger partial charge in [-0.05, 0) is 39.9 Å². The summed E-state index contributed by atoms with van der Waals surface area (Å²) >= 11 is 0. The third-order valence-electron chi connectivity index (χ3n) is 2.41. The topological polar surface area (TPSA) is 24.1 Å².